The highest BCUT2D eigenvalue weighted by atomic mass is 127. The molecule has 2 N–H and O–H groups in total. The Bertz CT molecular complexity index is 628. The molecule has 2 rings (SSSR count). The summed E-state index contributed by atoms with van der Waals surface area (Å²) in [6, 6.07) is 7.90. The van der Waals surface area contributed by atoms with Crippen LogP contribution in [0.5, 0.6) is 5.75 Å². The average molecular weight is 430 g/mol. The number of halogens is 1. The van der Waals surface area contributed by atoms with Crippen molar-refractivity contribution in [1.29, 1.82) is 0 Å². The molecule has 2 aromatic rings. The second-order valence-corrected chi connectivity index (χ2v) is 4.62. The lowest BCUT2D eigenvalue weighted by Crippen LogP contribution is -2.37. The van der Waals surface area contributed by atoms with E-state index in [1.54, 1.807) is 20.5 Å². The van der Waals surface area contributed by atoms with Crippen LogP contribution in [-0.2, 0) is 19.6 Å². The van der Waals surface area contributed by atoms with Crippen LogP contribution in [0.4, 0.5) is 0 Å². The molecule has 0 atom stereocenters. The fourth-order valence-electron chi connectivity index (χ4n) is 2.09. The van der Waals surface area contributed by atoms with E-state index >= 15 is 0 Å². The number of methoxy groups -OCH3 is 1. The van der Waals surface area contributed by atoms with Crippen molar-refractivity contribution in [3.05, 3.63) is 42.0 Å². The van der Waals surface area contributed by atoms with Crippen LogP contribution in [0.3, 0.4) is 0 Å². The predicted octanol–water partition coefficient (Wildman–Crippen LogP) is 1.79. The van der Waals surface area contributed by atoms with E-state index in [4.69, 9.17) is 4.74 Å². The molecule has 0 aliphatic rings. The topological polar surface area (TPSA) is 76.4 Å². The number of aromatic nitrogens is 3. The molecule has 1 aromatic heterocycles. The molecular formula is C15H23IN6O. The SMILES string of the molecule is CCn1cnnc1CNC(=NC)NCc1ccccc1OC.I. The van der Waals surface area contributed by atoms with Gasteiger partial charge >= 0.3 is 0 Å². The van der Waals surface area contributed by atoms with Gasteiger partial charge in [0.2, 0.25) is 0 Å². The van der Waals surface area contributed by atoms with Crippen molar-refractivity contribution in [3.63, 3.8) is 0 Å². The summed E-state index contributed by atoms with van der Waals surface area (Å²) >= 11 is 0. The van der Waals surface area contributed by atoms with Crippen LogP contribution >= 0.6 is 24.0 Å². The van der Waals surface area contributed by atoms with Gasteiger partial charge in [0.05, 0.1) is 13.7 Å². The molecule has 0 spiro atoms. The zero-order chi connectivity index (χ0) is 15.8. The fourth-order valence-corrected chi connectivity index (χ4v) is 2.09. The molecule has 0 aliphatic carbocycles. The fraction of sp³-hybridized carbons (Fsp3) is 0.400. The Hall–Kier alpha value is -1.84. The Morgan fingerprint density at radius 2 is 2.00 bits per heavy atom. The van der Waals surface area contributed by atoms with Crippen molar-refractivity contribution < 1.29 is 4.74 Å². The summed E-state index contributed by atoms with van der Waals surface area (Å²) in [6.07, 6.45) is 1.72. The Balaban J connectivity index is 0.00000264. The molecular weight excluding hydrogens is 407 g/mol. The van der Waals surface area contributed by atoms with Crippen molar-refractivity contribution in [3.8, 4) is 5.75 Å². The molecule has 0 amide bonds. The minimum Gasteiger partial charge on any atom is -0.496 e. The Morgan fingerprint density at radius 1 is 1.26 bits per heavy atom. The summed E-state index contributed by atoms with van der Waals surface area (Å²) in [5.41, 5.74) is 1.07. The first-order valence-corrected chi connectivity index (χ1v) is 7.21. The summed E-state index contributed by atoms with van der Waals surface area (Å²) in [5.74, 6) is 2.44. The number of nitrogens with one attached hydrogen (secondary N) is 2. The van der Waals surface area contributed by atoms with Crippen molar-refractivity contribution >= 4 is 29.9 Å². The van der Waals surface area contributed by atoms with Gasteiger partial charge in [-0.1, -0.05) is 18.2 Å². The van der Waals surface area contributed by atoms with Gasteiger partial charge in [0, 0.05) is 25.7 Å². The Labute approximate surface area is 153 Å². The summed E-state index contributed by atoms with van der Waals surface area (Å²) in [4.78, 5) is 4.21. The highest BCUT2D eigenvalue weighted by Crippen LogP contribution is 2.16. The lowest BCUT2D eigenvalue weighted by atomic mass is 10.2. The van der Waals surface area contributed by atoms with Crippen LogP contribution in [0.25, 0.3) is 0 Å². The molecule has 0 aliphatic heterocycles. The smallest absolute Gasteiger partial charge is 0.191 e. The lowest BCUT2D eigenvalue weighted by Gasteiger charge is -2.13. The molecule has 23 heavy (non-hydrogen) atoms. The van der Waals surface area contributed by atoms with E-state index in [1.165, 1.54) is 0 Å². The van der Waals surface area contributed by atoms with Gasteiger partial charge in [-0.15, -0.1) is 34.2 Å². The molecule has 0 unspecified atom stereocenters. The maximum Gasteiger partial charge on any atom is 0.191 e. The largest absolute Gasteiger partial charge is 0.496 e. The Kier molecular flexibility index (Phi) is 8.38. The maximum absolute atomic E-state index is 5.34. The van der Waals surface area contributed by atoms with Gasteiger partial charge in [-0.05, 0) is 13.0 Å². The molecule has 1 heterocycles. The molecule has 1 aromatic carbocycles. The second kappa shape index (κ2) is 10.0. The quantitative estimate of drug-likeness (QED) is 0.415. The van der Waals surface area contributed by atoms with Gasteiger partial charge in [0.1, 0.15) is 12.1 Å². The number of para-hydroxylation sites is 1. The van der Waals surface area contributed by atoms with Crippen LogP contribution in [0.2, 0.25) is 0 Å². The number of aliphatic imine (C=N–C) groups is 1. The molecule has 0 saturated carbocycles. The summed E-state index contributed by atoms with van der Waals surface area (Å²) in [6.45, 7) is 4.10. The Morgan fingerprint density at radius 3 is 2.70 bits per heavy atom. The van der Waals surface area contributed by atoms with Crippen LogP contribution in [-0.4, -0.2) is 34.9 Å². The van der Waals surface area contributed by atoms with Gasteiger partial charge in [-0.25, -0.2) is 0 Å². The van der Waals surface area contributed by atoms with Gasteiger partial charge in [-0.2, -0.15) is 0 Å². The third-order valence-corrected chi connectivity index (χ3v) is 3.31. The zero-order valence-electron chi connectivity index (χ0n) is 13.6. The normalized spacial score (nSPS) is 10.8. The number of benzene rings is 1. The van der Waals surface area contributed by atoms with Crippen LogP contribution in [0.1, 0.15) is 18.3 Å². The first kappa shape index (κ1) is 19.2. The van der Waals surface area contributed by atoms with Crippen molar-refractivity contribution in [2.24, 2.45) is 4.99 Å². The van der Waals surface area contributed by atoms with E-state index in [1.807, 2.05) is 28.8 Å². The predicted molar refractivity (Wildman–Crippen MR) is 101 cm³/mol. The highest BCUT2D eigenvalue weighted by molar-refractivity contribution is 14.0. The van der Waals surface area contributed by atoms with E-state index in [9.17, 15) is 0 Å². The number of hydrogen-bond acceptors (Lipinski definition) is 4. The van der Waals surface area contributed by atoms with Gasteiger partial charge in [0.15, 0.2) is 11.8 Å². The van der Waals surface area contributed by atoms with Crippen LogP contribution in [0.15, 0.2) is 35.6 Å². The monoisotopic (exact) mass is 430 g/mol. The molecule has 126 valence electrons. The van der Waals surface area contributed by atoms with Gasteiger partial charge in [-0.3, -0.25) is 4.99 Å². The van der Waals surface area contributed by atoms with Crippen molar-refractivity contribution in [1.82, 2.24) is 25.4 Å². The zero-order valence-corrected chi connectivity index (χ0v) is 15.9. The van der Waals surface area contributed by atoms with Crippen molar-refractivity contribution in [2.45, 2.75) is 26.6 Å². The third kappa shape index (κ3) is 5.38. The van der Waals surface area contributed by atoms with Crippen LogP contribution in [0, 0.1) is 0 Å². The minimum atomic E-state index is 0. The molecule has 8 heteroatoms. The number of nitrogens with zero attached hydrogens (tertiary/aromatic N) is 4. The number of hydrogen-bond donors (Lipinski definition) is 2. The molecule has 0 radical (unpaired) electrons. The maximum atomic E-state index is 5.34. The molecule has 0 bridgehead atoms. The van der Waals surface area contributed by atoms with Crippen LogP contribution < -0.4 is 15.4 Å². The van der Waals surface area contributed by atoms with E-state index in [2.05, 4.69) is 32.7 Å². The molecule has 7 nitrogen and oxygen atoms in total. The summed E-state index contributed by atoms with van der Waals surface area (Å²) in [5, 5.41) is 14.5. The first-order valence-electron chi connectivity index (χ1n) is 7.21. The molecule has 0 saturated heterocycles. The lowest BCUT2D eigenvalue weighted by molar-refractivity contribution is 0.409. The number of rotatable bonds is 6. The summed E-state index contributed by atoms with van der Waals surface area (Å²) < 4.78 is 7.33. The highest BCUT2D eigenvalue weighted by Gasteiger charge is 2.06. The third-order valence-electron chi connectivity index (χ3n) is 3.31. The van der Waals surface area contributed by atoms with Gasteiger partial charge < -0.3 is 19.9 Å². The van der Waals surface area contributed by atoms with E-state index in [0.29, 0.717) is 19.0 Å². The van der Waals surface area contributed by atoms with E-state index in [0.717, 1.165) is 23.7 Å². The second-order valence-electron chi connectivity index (χ2n) is 4.62. The first-order chi connectivity index (χ1) is 10.8. The minimum absolute atomic E-state index is 0. The summed E-state index contributed by atoms with van der Waals surface area (Å²) in [7, 11) is 3.41. The number of ether oxygens (including phenoxy) is 1. The molecule has 0 fully saturated rings. The number of aryl methyl sites for hydroxylation is 1. The average Bonchev–Trinajstić information content (AvgIpc) is 3.03. The van der Waals surface area contributed by atoms with E-state index < -0.39 is 0 Å². The van der Waals surface area contributed by atoms with E-state index in [-0.39, 0.29) is 24.0 Å². The van der Waals surface area contributed by atoms with Gasteiger partial charge in [0.25, 0.3) is 0 Å². The standard InChI is InChI=1S/C15H22N6O.HI/c1-4-21-11-19-20-14(21)10-18-15(16-2)17-9-12-7-5-6-8-13(12)22-3;/h5-8,11H,4,9-10H2,1-3H3,(H2,16,17,18);1H. The number of guanidine groups is 1. The van der Waals surface area contributed by atoms with Crippen molar-refractivity contribution in [2.75, 3.05) is 14.2 Å².